The molecule has 2 nitrogen and oxygen atoms in total. The summed E-state index contributed by atoms with van der Waals surface area (Å²) in [6, 6.07) is 6.10. The van der Waals surface area contributed by atoms with Crippen molar-refractivity contribution in [2.45, 2.75) is 20.4 Å². The number of methoxy groups -OCH3 is 1. The molecule has 0 fully saturated rings. The number of benzene rings is 1. The van der Waals surface area contributed by atoms with Crippen molar-refractivity contribution in [1.82, 2.24) is 5.32 Å². The lowest BCUT2D eigenvalue weighted by Gasteiger charge is -2.10. The highest BCUT2D eigenvalue weighted by Crippen LogP contribution is 2.17. The first-order valence-corrected chi connectivity index (χ1v) is 6.51. The molecule has 0 bridgehead atoms. The number of aryl methyl sites for hydroxylation is 1. The molecule has 0 atom stereocenters. The Hall–Kier alpha value is -0.970. The monoisotopic (exact) mass is 343 g/mol. The van der Waals surface area contributed by atoms with Crippen LogP contribution in [-0.2, 0) is 6.54 Å². The predicted molar refractivity (Wildman–Crippen MR) is 81.5 cm³/mol. The van der Waals surface area contributed by atoms with Crippen molar-refractivity contribution in [2.24, 2.45) is 0 Å². The smallest absolute Gasteiger partial charge is 0.119 e. The molecule has 1 rings (SSSR count). The van der Waals surface area contributed by atoms with Crippen LogP contribution in [0.25, 0.3) is 0 Å². The fourth-order valence-electron chi connectivity index (χ4n) is 1.49. The molecular weight excluding hydrogens is 325 g/mol. The summed E-state index contributed by atoms with van der Waals surface area (Å²) >= 11 is 2.27. The third-order valence-electron chi connectivity index (χ3n) is 2.43. The number of halogens is 1. The normalized spacial score (nSPS) is 11.2. The van der Waals surface area contributed by atoms with Gasteiger partial charge in [-0.25, -0.2) is 0 Å². The van der Waals surface area contributed by atoms with Gasteiger partial charge in [-0.1, -0.05) is 12.6 Å². The first-order valence-electron chi connectivity index (χ1n) is 5.43. The van der Waals surface area contributed by atoms with E-state index >= 15 is 0 Å². The summed E-state index contributed by atoms with van der Waals surface area (Å²) in [5.41, 5.74) is 3.42. The van der Waals surface area contributed by atoms with E-state index in [4.69, 9.17) is 4.74 Å². The Kier molecular flexibility index (Phi) is 5.55. The lowest BCUT2D eigenvalue weighted by Crippen LogP contribution is -2.11. The van der Waals surface area contributed by atoms with Gasteiger partial charge in [0.05, 0.1) is 7.11 Å². The molecular formula is C14H18INO. The molecule has 0 radical (unpaired) electrons. The maximum absolute atomic E-state index is 5.18. The fourth-order valence-corrected chi connectivity index (χ4v) is 1.87. The standard InChI is InChI=1S/C14H18INO/c1-10-7-14(17-4)6-5-13(10)9-16-12(3)8-11(2)15/h5-8,16H,3,9H2,1-2,4H3/b11-8+. The zero-order valence-electron chi connectivity index (χ0n) is 10.5. The zero-order chi connectivity index (χ0) is 12.8. The van der Waals surface area contributed by atoms with Gasteiger partial charge in [-0.2, -0.15) is 0 Å². The molecule has 92 valence electrons. The first kappa shape index (κ1) is 14.1. The summed E-state index contributed by atoms with van der Waals surface area (Å²) in [6.07, 6.45) is 2.03. The van der Waals surface area contributed by atoms with Gasteiger partial charge in [-0.15, -0.1) is 0 Å². The molecule has 0 amide bonds. The van der Waals surface area contributed by atoms with Gasteiger partial charge in [0.2, 0.25) is 0 Å². The highest BCUT2D eigenvalue weighted by molar-refractivity contribution is 14.1. The molecule has 1 aromatic rings. The molecule has 0 saturated carbocycles. The molecule has 3 heteroatoms. The van der Waals surface area contributed by atoms with Crippen LogP contribution in [0.2, 0.25) is 0 Å². The van der Waals surface area contributed by atoms with Crippen molar-refractivity contribution in [3.63, 3.8) is 0 Å². The summed E-state index contributed by atoms with van der Waals surface area (Å²) < 4.78 is 6.39. The van der Waals surface area contributed by atoms with E-state index in [0.29, 0.717) is 0 Å². The Morgan fingerprint density at radius 3 is 2.76 bits per heavy atom. The number of rotatable bonds is 5. The molecule has 1 aromatic carbocycles. The van der Waals surface area contributed by atoms with Crippen LogP contribution >= 0.6 is 22.6 Å². The third-order valence-corrected chi connectivity index (χ3v) is 2.74. The van der Waals surface area contributed by atoms with Crippen molar-refractivity contribution < 1.29 is 4.74 Å². The number of hydrogen-bond donors (Lipinski definition) is 1. The molecule has 17 heavy (non-hydrogen) atoms. The van der Waals surface area contributed by atoms with E-state index in [1.807, 2.05) is 25.1 Å². The summed E-state index contributed by atoms with van der Waals surface area (Å²) in [4.78, 5) is 0. The molecule has 0 heterocycles. The fraction of sp³-hybridized carbons (Fsp3) is 0.286. The van der Waals surface area contributed by atoms with E-state index in [-0.39, 0.29) is 0 Å². The van der Waals surface area contributed by atoms with Gasteiger partial charge in [-0.3, -0.25) is 0 Å². The topological polar surface area (TPSA) is 21.3 Å². The number of ether oxygens (including phenoxy) is 1. The second kappa shape index (κ2) is 6.69. The number of hydrogen-bond acceptors (Lipinski definition) is 2. The Bertz CT molecular complexity index is 434. The summed E-state index contributed by atoms with van der Waals surface area (Å²) in [6.45, 7) is 8.88. The van der Waals surface area contributed by atoms with Gasteiger partial charge in [0, 0.05) is 12.2 Å². The van der Waals surface area contributed by atoms with E-state index in [2.05, 4.69) is 47.5 Å². The lowest BCUT2D eigenvalue weighted by atomic mass is 10.1. The molecule has 0 unspecified atom stereocenters. The second-order valence-electron chi connectivity index (χ2n) is 3.90. The first-order chi connectivity index (χ1) is 8.02. The van der Waals surface area contributed by atoms with Crippen molar-refractivity contribution in [2.75, 3.05) is 7.11 Å². The molecule has 1 N–H and O–H groups in total. The van der Waals surface area contributed by atoms with Crippen molar-refractivity contribution in [3.8, 4) is 5.75 Å². The van der Waals surface area contributed by atoms with Gasteiger partial charge < -0.3 is 10.1 Å². The highest BCUT2D eigenvalue weighted by Gasteiger charge is 2.00. The van der Waals surface area contributed by atoms with Gasteiger partial charge in [0.25, 0.3) is 0 Å². The van der Waals surface area contributed by atoms with Crippen LogP contribution in [0.1, 0.15) is 18.1 Å². The van der Waals surface area contributed by atoms with E-state index in [9.17, 15) is 0 Å². The molecule has 0 aliphatic carbocycles. The van der Waals surface area contributed by atoms with Crippen LogP contribution in [0, 0.1) is 6.92 Å². The van der Waals surface area contributed by atoms with Crippen LogP contribution < -0.4 is 10.1 Å². The largest absolute Gasteiger partial charge is 0.497 e. The minimum Gasteiger partial charge on any atom is -0.497 e. The minimum atomic E-state index is 0.787. The second-order valence-corrected chi connectivity index (χ2v) is 5.60. The van der Waals surface area contributed by atoms with Crippen molar-refractivity contribution >= 4 is 22.6 Å². The molecule has 0 aromatic heterocycles. The van der Waals surface area contributed by atoms with E-state index in [1.165, 1.54) is 14.7 Å². The summed E-state index contributed by atoms with van der Waals surface area (Å²) in [7, 11) is 1.68. The van der Waals surface area contributed by atoms with Crippen LogP contribution in [-0.4, -0.2) is 7.11 Å². The summed E-state index contributed by atoms with van der Waals surface area (Å²) in [5.74, 6) is 0.896. The van der Waals surface area contributed by atoms with Gasteiger partial charge >= 0.3 is 0 Å². The SMILES string of the molecule is C=C(/C=C(\C)I)NCc1ccc(OC)cc1C. The van der Waals surface area contributed by atoms with E-state index in [1.54, 1.807) is 7.11 Å². The lowest BCUT2D eigenvalue weighted by molar-refractivity contribution is 0.414. The van der Waals surface area contributed by atoms with E-state index in [0.717, 1.165) is 18.0 Å². The van der Waals surface area contributed by atoms with Gasteiger partial charge in [0.15, 0.2) is 0 Å². The van der Waals surface area contributed by atoms with Crippen molar-refractivity contribution in [3.05, 3.63) is 51.3 Å². The molecule has 0 saturated heterocycles. The van der Waals surface area contributed by atoms with Crippen LogP contribution in [0.5, 0.6) is 5.75 Å². The van der Waals surface area contributed by atoms with Gasteiger partial charge in [-0.05, 0) is 69.4 Å². The molecule has 0 spiro atoms. The Morgan fingerprint density at radius 2 is 2.24 bits per heavy atom. The zero-order valence-corrected chi connectivity index (χ0v) is 12.7. The van der Waals surface area contributed by atoms with Crippen molar-refractivity contribution in [1.29, 1.82) is 0 Å². The maximum atomic E-state index is 5.18. The highest BCUT2D eigenvalue weighted by atomic mass is 127. The number of nitrogens with one attached hydrogen (secondary N) is 1. The van der Waals surface area contributed by atoms with Crippen LogP contribution in [0.15, 0.2) is 40.1 Å². The average Bonchev–Trinajstić information content (AvgIpc) is 2.26. The average molecular weight is 343 g/mol. The van der Waals surface area contributed by atoms with Gasteiger partial charge in [0.1, 0.15) is 5.75 Å². The maximum Gasteiger partial charge on any atom is 0.119 e. The minimum absolute atomic E-state index is 0.787. The quantitative estimate of drug-likeness (QED) is 0.646. The van der Waals surface area contributed by atoms with E-state index < -0.39 is 0 Å². The third kappa shape index (κ3) is 4.81. The summed E-state index contributed by atoms with van der Waals surface area (Å²) in [5, 5.41) is 3.29. The Balaban J connectivity index is 2.64. The van der Waals surface area contributed by atoms with Crippen LogP contribution in [0.3, 0.4) is 0 Å². The van der Waals surface area contributed by atoms with Crippen LogP contribution in [0.4, 0.5) is 0 Å². The Morgan fingerprint density at radius 1 is 1.53 bits per heavy atom. The molecule has 0 aliphatic rings. The Labute approximate surface area is 117 Å². The predicted octanol–water partition coefficient (Wildman–Crippen LogP) is 3.95. The molecule has 0 aliphatic heterocycles. The number of allylic oxidation sites excluding steroid dienone is 2.